The number of likely N-dealkylation sites (tertiary alicyclic amines) is 1. The van der Waals surface area contributed by atoms with Crippen molar-refractivity contribution in [1.29, 1.82) is 0 Å². The first-order valence-electron chi connectivity index (χ1n) is 9.32. The second-order valence-corrected chi connectivity index (χ2v) is 7.40. The molecule has 2 saturated heterocycles. The first-order valence-corrected chi connectivity index (χ1v) is 9.32. The Labute approximate surface area is 143 Å². The number of piperidine rings is 1. The molecule has 1 aromatic rings. The van der Waals surface area contributed by atoms with E-state index < -0.39 is 0 Å². The number of nitrogens with zero attached hydrogens (tertiary/aromatic N) is 3. The summed E-state index contributed by atoms with van der Waals surface area (Å²) < 4.78 is 10.8. The van der Waals surface area contributed by atoms with Gasteiger partial charge in [0.05, 0.1) is 0 Å². The normalized spacial score (nSPS) is 20.7. The van der Waals surface area contributed by atoms with Crippen molar-refractivity contribution in [2.75, 3.05) is 26.3 Å². The smallest absolute Gasteiger partial charge is 0.229 e. The monoisotopic (exact) mass is 335 g/mol. The number of carbonyl (C=O) groups is 1. The summed E-state index contributed by atoms with van der Waals surface area (Å²) in [7, 11) is 0. The molecular weight excluding hydrogens is 306 g/mol. The first kappa shape index (κ1) is 17.4. The van der Waals surface area contributed by atoms with Crippen molar-refractivity contribution in [3.63, 3.8) is 0 Å². The van der Waals surface area contributed by atoms with Crippen molar-refractivity contribution in [2.24, 2.45) is 11.8 Å². The average molecular weight is 335 g/mol. The van der Waals surface area contributed by atoms with Crippen molar-refractivity contribution < 1.29 is 14.1 Å². The molecule has 0 aliphatic carbocycles. The van der Waals surface area contributed by atoms with E-state index in [1.165, 1.54) is 0 Å². The molecule has 6 nitrogen and oxygen atoms in total. The largest absolute Gasteiger partial charge is 0.381 e. The lowest BCUT2D eigenvalue weighted by Crippen LogP contribution is -2.40. The number of hydrogen-bond acceptors (Lipinski definition) is 5. The van der Waals surface area contributed by atoms with Crippen LogP contribution >= 0.6 is 0 Å². The van der Waals surface area contributed by atoms with Gasteiger partial charge in [0.2, 0.25) is 11.8 Å². The summed E-state index contributed by atoms with van der Waals surface area (Å²) in [4.78, 5) is 18.6. The topological polar surface area (TPSA) is 68.5 Å². The molecule has 6 heteroatoms. The maximum atomic E-state index is 12.0. The Morgan fingerprint density at radius 3 is 2.58 bits per heavy atom. The standard InChI is InChI=1S/C18H29N3O3/c1-13(2)18(22)21-9-5-14(6-10-21)3-4-16-19-17(24-20-16)15-7-11-23-12-8-15/h13-15H,3-12H2,1-2H3. The van der Waals surface area contributed by atoms with Crippen LogP contribution in [0.1, 0.15) is 63.6 Å². The highest BCUT2D eigenvalue weighted by molar-refractivity contribution is 5.78. The van der Waals surface area contributed by atoms with Crippen LogP contribution in [0.25, 0.3) is 0 Å². The third-order valence-electron chi connectivity index (χ3n) is 5.25. The molecule has 2 fully saturated rings. The zero-order valence-electron chi connectivity index (χ0n) is 14.9. The number of aryl methyl sites for hydroxylation is 1. The Kier molecular flexibility index (Phi) is 5.87. The maximum Gasteiger partial charge on any atom is 0.229 e. The molecule has 0 aromatic carbocycles. The lowest BCUT2D eigenvalue weighted by molar-refractivity contribution is -0.135. The van der Waals surface area contributed by atoms with Gasteiger partial charge in [0.15, 0.2) is 5.82 Å². The van der Waals surface area contributed by atoms with Crippen molar-refractivity contribution in [3.8, 4) is 0 Å². The second-order valence-electron chi connectivity index (χ2n) is 7.40. The number of hydrogen-bond donors (Lipinski definition) is 0. The van der Waals surface area contributed by atoms with E-state index in [0.29, 0.717) is 11.8 Å². The second kappa shape index (κ2) is 8.10. The third kappa shape index (κ3) is 4.35. The van der Waals surface area contributed by atoms with Gasteiger partial charge in [0.25, 0.3) is 0 Å². The molecule has 3 rings (SSSR count). The maximum absolute atomic E-state index is 12.0. The van der Waals surface area contributed by atoms with Gasteiger partial charge in [-0.25, -0.2) is 0 Å². The lowest BCUT2D eigenvalue weighted by atomic mass is 9.91. The Morgan fingerprint density at radius 2 is 1.92 bits per heavy atom. The van der Waals surface area contributed by atoms with Gasteiger partial charge in [-0.15, -0.1) is 0 Å². The van der Waals surface area contributed by atoms with E-state index in [4.69, 9.17) is 9.26 Å². The van der Waals surface area contributed by atoms with Crippen molar-refractivity contribution in [3.05, 3.63) is 11.7 Å². The fourth-order valence-electron chi connectivity index (χ4n) is 3.62. The van der Waals surface area contributed by atoms with Gasteiger partial charge in [-0.05, 0) is 38.0 Å². The molecule has 0 unspecified atom stereocenters. The van der Waals surface area contributed by atoms with Gasteiger partial charge >= 0.3 is 0 Å². The molecule has 3 heterocycles. The molecule has 2 aliphatic heterocycles. The molecule has 2 aliphatic rings. The predicted octanol–water partition coefficient (Wildman–Crippen LogP) is 2.79. The average Bonchev–Trinajstić information content (AvgIpc) is 3.09. The van der Waals surface area contributed by atoms with Crippen molar-refractivity contribution in [1.82, 2.24) is 15.0 Å². The highest BCUT2D eigenvalue weighted by Gasteiger charge is 2.25. The third-order valence-corrected chi connectivity index (χ3v) is 5.25. The molecule has 0 saturated carbocycles. The molecule has 0 N–H and O–H groups in total. The van der Waals surface area contributed by atoms with Crippen LogP contribution in [0.3, 0.4) is 0 Å². The molecule has 0 atom stereocenters. The molecule has 1 amide bonds. The van der Waals surface area contributed by atoms with Crippen molar-refractivity contribution in [2.45, 2.75) is 58.3 Å². The minimum atomic E-state index is 0.101. The van der Waals surface area contributed by atoms with E-state index in [0.717, 1.165) is 76.5 Å². The molecule has 0 spiro atoms. The van der Waals surface area contributed by atoms with Crippen LogP contribution in [0.4, 0.5) is 0 Å². The van der Waals surface area contributed by atoms with Crippen LogP contribution in [-0.2, 0) is 16.0 Å². The van der Waals surface area contributed by atoms with E-state index in [-0.39, 0.29) is 11.8 Å². The zero-order chi connectivity index (χ0) is 16.9. The highest BCUT2D eigenvalue weighted by atomic mass is 16.5. The molecular formula is C18H29N3O3. The van der Waals surface area contributed by atoms with Gasteiger partial charge in [-0.2, -0.15) is 4.98 Å². The zero-order valence-corrected chi connectivity index (χ0v) is 14.9. The Morgan fingerprint density at radius 1 is 1.21 bits per heavy atom. The summed E-state index contributed by atoms with van der Waals surface area (Å²) >= 11 is 0. The summed E-state index contributed by atoms with van der Waals surface area (Å²) in [5.74, 6) is 3.02. The molecule has 0 radical (unpaired) electrons. The van der Waals surface area contributed by atoms with Crippen LogP contribution in [0.15, 0.2) is 4.52 Å². The lowest BCUT2D eigenvalue weighted by Gasteiger charge is -2.33. The number of rotatable bonds is 5. The summed E-state index contributed by atoms with van der Waals surface area (Å²) in [6.45, 7) is 7.30. The van der Waals surface area contributed by atoms with Crippen LogP contribution in [0.5, 0.6) is 0 Å². The SMILES string of the molecule is CC(C)C(=O)N1CCC(CCc2noc(C3CCOCC3)n2)CC1. The van der Waals surface area contributed by atoms with Gasteiger partial charge in [-0.3, -0.25) is 4.79 Å². The first-order chi connectivity index (χ1) is 11.6. The van der Waals surface area contributed by atoms with E-state index in [9.17, 15) is 4.79 Å². The Balaban J connectivity index is 1.42. The molecule has 134 valence electrons. The van der Waals surface area contributed by atoms with Crippen LogP contribution in [-0.4, -0.2) is 47.3 Å². The van der Waals surface area contributed by atoms with E-state index in [1.807, 2.05) is 18.7 Å². The van der Waals surface area contributed by atoms with Crippen LogP contribution < -0.4 is 0 Å². The van der Waals surface area contributed by atoms with E-state index in [1.54, 1.807) is 0 Å². The Bertz CT molecular complexity index is 529. The molecule has 1 aromatic heterocycles. The van der Waals surface area contributed by atoms with Crippen molar-refractivity contribution >= 4 is 5.91 Å². The minimum Gasteiger partial charge on any atom is -0.381 e. The number of amides is 1. The van der Waals surface area contributed by atoms with E-state index in [2.05, 4.69) is 10.1 Å². The molecule has 0 bridgehead atoms. The fraction of sp³-hybridized carbons (Fsp3) is 0.833. The highest BCUT2D eigenvalue weighted by Crippen LogP contribution is 2.26. The van der Waals surface area contributed by atoms with Gasteiger partial charge < -0.3 is 14.2 Å². The minimum absolute atomic E-state index is 0.101. The number of aromatic nitrogens is 2. The fourth-order valence-corrected chi connectivity index (χ4v) is 3.62. The number of carbonyl (C=O) groups excluding carboxylic acids is 1. The van der Waals surface area contributed by atoms with Gasteiger partial charge in [0, 0.05) is 44.6 Å². The Hall–Kier alpha value is -1.43. The quantitative estimate of drug-likeness (QED) is 0.827. The summed E-state index contributed by atoms with van der Waals surface area (Å²) in [5, 5.41) is 4.15. The van der Waals surface area contributed by atoms with Crippen LogP contribution in [0.2, 0.25) is 0 Å². The summed E-state index contributed by atoms with van der Waals surface area (Å²) in [6.07, 6.45) is 6.08. The summed E-state index contributed by atoms with van der Waals surface area (Å²) in [5.41, 5.74) is 0. The molecule has 24 heavy (non-hydrogen) atoms. The number of ether oxygens (including phenoxy) is 1. The predicted molar refractivity (Wildman–Crippen MR) is 89.6 cm³/mol. The van der Waals surface area contributed by atoms with Gasteiger partial charge in [0.1, 0.15) is 0 Å². The summed E-state index contributed by atoms with van der Waals surface area (Å²) in [6, 6.07) is 0. The van der Waals surface area contributed by atoms with Crippen LogP contribution in [0, 0.1) is 11.8 Å². The van der Waals surface area contributed by atoms with Gasteiger partial charge in [-0.1, -0.05) is 19.0 Å². The van der Waals surface area contributed by atoms with E-state index >= 15 is 0 Å².